The van der Waals surface area contributed by atoms with Gasteiger partial charge in [0.2, 0.25) is 5.91 Å². The minimum absolute atomic E-state index is 0.0716. The summed E-state index contributed by atoms with van der Waals surface area (Å²) in [7, 11) is 0. The van der Waals surface area contributed by atoms with Gasteiger partial charge >= 0.3 is 0 Å². The zero-order chi connectivity index (χ0) is 21.1. The summed E-state index contributed by atoms with van der Waals surface area (Å²) in [4.78, 5) is 20.1. The predicted molar refractivity (Wildman–Crippen MR) is 126 cm³/mol. The fourth-order valence-corrected chi connectivity index (χ4v) is 4.62. The second-order valence-corrected chi connectivity index (χ2v) is 8.73. The first-order valence-electron chi connectivity index (χ1n) is 10.3. The number of aromatic nitrogens is 1. The van der Waals surface area contributed by atoms with Crippen LogP contribution >= 0.6 is 11.3 Å². The molecule has 0 unspecified atom stereocenters. The quantitative estimate of drug-likeness (QED) is 0.373. The lowest BCUT2D eigenvalue weighted by Gasteiger charge is -2.21. The molecule has 0 spiro atoms. The Kier molecular flexibility index (Phi) is 5.96. The number of hydrogen-bond acceptors (Lipinski definition) is 3. The Morgan fingerprint density at radius 2 is 1.77 bits per heavy atom. The van der Waals surface area contributed by atoms with Crippen LogP contribution in [0.15, 0.2) is 66.7 Å². The molecule has 0 saturated carbocycles. The van der Waals surface area contributed by atoms with E-state index in [2.05, 4.69) is 69.3 Å². The number of nitrogens with zero attached hydrogens (tertiary/aromatic N) is 2. The van der Waals surface area contributed by atoms with Gasteiger partial charge in [-0.1, -0.05) is 78.4 Å². The van der Waals surface area contributed by atoms with Gasteiger partial charge in [0.25, 0.3) is 0 Å². The third-order valence-electron chi connectivity index (χ3n) is 5.41. The van der Waals surface area contributed by atoms with Crippen molar-refractivity contribution in [2.24, 2.45) is 0 Å². The number of thiazole rings is 1. The summed E-state index contributed by atoms with van der Waals surface area (Å²) in [6.45, 7) is 6.80. The maximum absolute atomic E-state index is 13.5. The number of carbonyl (C=O) groups excluding carboxylic acids is 1. The fourth-order valence-electron chi connectivity index (χ4n) is 3.57. The molecule has 1 heterocycles. The normalized spacial score (nSPS) is 11.0. The van der Waals surface area contributed by atoms with Crippen LogP contribution in [0, 0.1) is 13.8 Å². The molecule has 4 aromatic rings. The van der Waals surface area contributed by atoms with Crippen molar-refractivity contribution in [3.05, 3.63) is 94.5 Å². The Bertz CT molecular complexity index is 1180. The van der Waals surface area contributed by atoms with E-state index in [9.17, 15) is 4.79 Å². The van der Waals surface area contributed by atoms with Crippen LogP contribution in [-0.4, -0.2) is 10.9 Å². The average Bonchev–Trinajstić information content (AvgIpc) is 3.18. The van der Waals surface area contributed by atoms with E-state index in [1.165, 1.54) is 11.1 Å². The van der Waals surface area contributed by atoms with Gasteiger partial charge in [-0.2, -0.15) is 0 Å². The van der Waals surface area contributed by atoms with Crippen molar-refractivity contribution in [1.29, 1.82) is 0 Å². The molecule has 4 heteroatoms. The van der Waals surface area contributed by atoms with Gasteiger partial charge in [-0.3, -0.25) is 9.69 Å². The minimum atomic E-state index is 0.0716. The highest BCUT2D eigenvalue weighted by atomic mass is 32.1. The standard InChI is InChI=1S/C26H26N2OS/c1-4-20-12-13-23-24(15-20)30-26(27-23)28(17-21-8-6-5-7-9-21)25(29)16-22-14-18(2)10-11-19(22)3/h5-15H,4,16-17H2,1-3H3. The first-order chi connectivity index (χ1) is 14.5. The topological polar surface area (TPSA) is 33.2 Å². The van der Waals surface area contributed by atoms with Gasteiger partial charge in [-0.25, -0.2) is 4.98 Å². The van der Waals surface area contributed by atoms with Crippen molar-refractivity contribution in [1.82, 2.24) is 4.98 Å². The van der Waals surface area contributed by atoms with E-state index in [0.29, 0.717) is 13.0 Å². The molecule has 152 valence electrons. The van der Waals surface area contributed by atoms with Gasteiger partial charge in [-0.05, 0) is 54.7 Å². The largest absolute Gasteiger partial charge is 0.283 e. The summed E-state index contributed by atoms with van der Waals surface area (Å²) >= 11 is 1.59. The van der Waals surface area contributed by atoms with Crippen LogP contribution in [0.5, 0.6) is 0 Å². The van der Waals surface area contributed by atoms with Gasteiger partial charge in [0.15, 0.2) is 5.13 Å². The van der Waals surface area contributed by atoms with Crippen LogP contribution in [0.3, 0.4) is 0 Å². The molecular weight excluding hydrogens is 388 g/mol. The van der Waals surface area contributed by atoms with Crippen molar-refractivity contribution in [3.8, 4) is 0 Å². The van der Waals surface area contributed by atoms with Gasteiger partial charge in [0.05, 0.1) is 23.2 Å². The SMILES string of the molecule is CCc1ccc2nc(N(Cc3ccccc3)C(=O)Cc3cc(C)ccc3C)sc2c1. The van der Waals surface area contributed by atoms with Crippen molar-refractivity contribution in [2.75, 3.05) is 4.90 Å². The molecule has 1 amide bonds. The molecule has 3 nitrogen and oxygen atoms in total. The Morgan fingerprint density at radius 1 is 0.967 bits per heavy atom. The van der Waals surface area contributed by atoms with Crippen molar-refractivity contribution >= 4 is 32.6 Å². The van der Waals surface area contributed by atoms with Crippen LogP contribution in [0.25, 0.3) is 10.2 Å². The number of rotatable bonds is 6. The number of anilines is 1. The van der Waals surface area contributed by atoms with Crippen LogP contribution in [0.4, 0.5) is 5.13 Å². The van der Waals surface area contributed by atoms with E-state index in [4.69, 9.17) is 4.98 Å². The summed E-state index contributed by atoms with van der Waals surface area (Å²) in [5.74, 6) is 0.0716. The van der Waals surface area contributed by atoms with E-state index in [0.717, 1.165) is 38.5 Å². The van der Waals surface area contributed by atoms with Crippen molar-refractivity contribution < 1.29 is 4.79 Å². The molecule has 0 bridgehead atoms. The van der Waals surface area contributed by atoms with Gasteiger partial charge in [-0.15, -0.1) is 0 Å². The molecule has 0 radical (unpaired) electrons. The molecule has 0 aliphatic rings. The second kappa shape index (κ2) is 8.80. The van der Waals surface area contributed by atoms with Crippen LogP contribution < -0.4 is 4.90 Å². The molecule has 0 fully saturated rings. The lowest BCUT2D eigenvalue weighted by atomic mass is 10.0. The lowest BCUT2D eigenvalue weighted by Crippen LogP contribution is -2.31. The molecular formula is C26H26N2OS. The summed E-state index contributed by atoms with van der Waals surface area (Å²) < 4.78 is 1.13. The highest BCUT2D eigenvalue weighted by Crippen LogP contribution is 2.31. The summed E-state index contributed by atoms with van der Waals surface area (Å²) in [6.07, 6.45) is 1.36. The zero-order valence-electron chi connectivity index (χ0n) is 17.7. The van der Waals surface area contributed by atoms with Gasteiger partial charge in [0, 0.05) is 0 Å². The highest BCUT2D eigenvalue weighted by molar-refractivity contribution is 7.22. The number of hydrogen-bond donors (Lipinski definition) is 0. The van der Waals surface area contributed by atoms with Gasteiger partial charge < -0.3 is 0 Å². The Morgan fingerprint density at radius 3 is 2.53 bits per heavy atom. The minimum Gasteiger partial charge on any atom is -0.283 e. The number of aryl methyl sites for hydroxylation is 3. The van der Waals surface area contributed by atoms with Crippen molar-refractivity contribution in [2.45, 2.75) is 40.2 Å². The number of benzene rings is 3. The molecule has 30 heavy (non-hydrogen) atoms. The zero-order valence-corrected chi connectivity index (χ0v) is 18.5. The van der Waals surface area contributed by atoms with E-state index in [1.54, 1.807) is 11.3 Å². The first-order valence-corrected chi connectivity index (χ1v) is 11.1. The molecule has 0 atom stereocenters. The first kappa shape index (κ1) is 20.3. The van der Waals surface area contributed by atoms with Crippen molar-refractivity contribution in [3.63, 3.8) is 0 Å². The second-order valence-electron chi connectivity index (χ2n) is 7.72. The molecule has 0 N–H and O–H groups in total. The van der Waals surface area contributed by atoms with Crippen LogP contribution in [0.2, 0.25) is 0 Å². The molecule has 3 aromatic carbocycles. The Balaban J connectivity index is 1.70. The molecule has 1 aromatic heterocycles. The highest BCUT2D eigenvalue weighted by Gasteiger charge is 2.21. The predicted octanol–water partition coefficient (Wildman–Crippen LogP) is 6.25. The van der Waals surface area contributed by atoms with E-state index >= 15 is 0 Å². The monoisotopic (exact) mass is 414 g/mol. The van der Waals surface area contributed by atoms with E-state index in [-0.39, 0.29) is 5.91 Å². The van der Waals surface area contributed by atoms with Crippen LogP contribution in [-0.2, 0) is 24.2 Å². The van der Waals surface area contributed by atoms with Gasteiger partial charge in [0.1, 0.15) is 0 Å². The number of fused-ring (bicyclic) bond motifs is 1. The summed E-state index contributed by atoms with van der Waals surface area (Å²) in [6, 6.07) is 22.8. The molecule has 0 aliphatic carbocycles. The summed E-state index contributed by atoms with van der Waals surface area (Å²) in [5.41, 5.74) is 6.72. The van der Waals surface area contributed by atoms with E-state index in [1.807, 2.05) is 23.1 Å². The summed E-state index contributed by atoms with van der Waals surface area (Å²) in [5, 5.41) is 0.761. The third-order valence-corrected chi connectivity index (χ3v) is 6.45. The third kappa shape index (κ3) is 4.44. The smallest absolute Gasteiger partial charge is 0.233 e. The number of carbonyl (C=O) groups is 1. The molecule has 0 aliphatic heterocycles. The fraction of sp³-hybridized carbons (Fsp3) is 0.231. The maximum Gasteiger partial charge on any atom is 0.233 e. The molecule has 0 saturated heterocycles. The average molecular weight is 415 g/mol. The maximum atomic E-state index is 13.5. The number of amides is 1. The molecule has 4 rings (SSSR count). The Hall–Kier alpha value is -2.98. The lowest BCUT2D eigenvalue weighted by molar-refractivity contribution is -0.118. The van der Waals surface area contributed by atoms with E-state index < -0.39 is 0 Å². The van der Waals surface area contributed by atoms with Crippen LogP contribution in [0.1, 0.15) is 34.7 Å². The Labute approximate surface area is 182 Å².